The summed E-state index contributed by atoms with van der Waals surface area (Å²) in [6.45, 7) is 39.1. The number of rotatable bonds is 25. The molecule has 0 spiro atoms. The van der Waals surface area contributed by atoms with Gasteiger partial charge in [0.25, 0.3) is 0 Å². The summed E-state index contributed by atoms with van der Waals surface area (Å²) in [7, 11) is 5.21. The van der Waals surface area contributed by atoms with Gasteiger partial charge in [-0.15, -0.1) is 0 Å². The first-order valence-electron chi connectivity index (χ1n) is 38.0. The zero-order valence-electron chi connectivity index (χ0n) is 73.2. The molecular weight excluding hydrogens is 1570 g/mol. The average Bonchev–Trinajstić information content (AvgIpc) is 0.855. The molecule has 28 nitrogen and oxygen atoms in total. The van der Waals surface area contributed by atoms with E-state index in [1.54, 1.807) is 128 Å². The lowest BCUT2D eigenvalue weighted by Crippen LogP contribution is -2.42. The number of amides is 7. The normalized spacial score (nSPS) is 11.2. The number of nitriles is 1. The highest BCUT2D eigenvalue weighted by atomic mass is 79.9. The Morgan fingerprint density at radius 2 is 0.590 bits per heavy atom. The number of alkyl carbamates (subject to hydrolysis) is 2. The van der Waals surface area contributed by atoms with Crippen molar-refractivity contribution in [2.24, 2.45) is 32.8 Å². The van der Waals surface area contributed by atoms with Gasteiger partial charge >= 0.3 is 42.0 Å². The summed E-state index contributed by atoms with van der Waals surface area (Å²) >= 11 is 3.45. The predicted molar refractivity (Wildman–Crippen MR) is 449 cm³/mol. The van der Waals surface area contributed by atoms with Crippen LogP contribution in [0.2, 0.25) is 0 Å². The molecule has 0 fully saturated rings. The third kappa shape index (κ3) is 40.6. The molecule has 5 N–H and O–H groups in total. The summed E-state index contributed by atoms with van der Waals surface area (Å²) in [5.74, 6) is -3.65. The molecule has 29 heteroatoms. The maximum absolute atomic E-state index is 12.8. The van der Waals surface area contributed by atoms with Crippen LogP contribution in [0.1, 0.15) is 195 Å². The lowest BCUT2D eigenvalue weighted by atomic mass is 9.94. The zero-order chi connectivity index (χ0) is 89.8. The Morgan fingerprint density at radius 1 is 0.359 bits per heavy atom. The summed E-state index contributed by atoms with van der Waals surface area (Å²) in [5, 5.41) is 23.7. The number of ether oxygens (including phenoxy) is 6. The van der Waals surface area contributed by atoms with Gasteiger partial charge in [0.1, 0.15) is 43.9 Å². The number of aliphatic carboxylic acids is 1. The van der Waals surface area contributed by atoms with E-state index in [2.05, 4.69) is 46.8 Å². The number of carbonyl (C=O) groups is 12. The minimum absolute atomic E-state index is 0.0477. The van der Waals surface area contributed by atoms with Gasteiger partial charge in [-0.3, -0.25) is 47.9 Å². The summed E-state index contributed by atoms with van der Waals surface area (Å²) in [4.78, 5) is 151. The molecule has 5 aromatic rings. The van der Waals surface area contributed by atoms with Crippen LogP contribution >= 0.6 is 15.9 Å². The summed E-state index contributed by atoms with van der Waals surface area (Å²) < 4.78 is 30.1. The number of nitrogens with two attached hydrogens (primary N) is 1. The van der Waals surface area contributed by atoms with Gasteiger partial charge in [-0.1, -0.05) is 229 Å². The van der Waals surface area contributed by atoms with Crippen LogP contribution in [0.15, 0.2) is 126 Å². The van der Waals surface area contributed by atoms with E-state index < -0.39 is 80.3 Å². The standard InChI is InChI=1S/C21H32N2O5.C20H30N2O5.C16H24N2O3.C16H20N2O3.C15H20BrNO3/c1-20(2,3)18(25)23(14-17(24)27-7)13-16-11-9-8-10-15(16)12-22-19(26)28-21(4,5)6;1-19(2,3)17(25)22(13-16(23)24)12-15-10-8-7-9-14(15)11-21-18(26)27-20(4,5)6;2*1-16(2,3)15(20)18(11-14(19)21-4)10-13-8-6-5-7-12(13)9-17;1-15(2,3)14(19)17(10-13(18)20-4)9-11-7-5-6-8-12(11)16/h8-11H,12-14H2,1-7H3,(H,22,26);7-10H,11-13H2,1-6H3,(H,21,26)(H,23,24);5-8H,9-11,17H2,1-4H3;5-8H,10-11H2,1-4H3;5-8H,9-10H2,1-4H3. The number of hydrogen-bond donors (Lipinski definition) is 4. The second-order valence-corrected chi connectivity index (χ2v) is 35.2. The number of benzene rings is 5. The highest BCUT2D eigenvalue weighted by Gasteiger charge is 2.35. The van der Waals surface area contributed by atoms with Gasteiger partial charge in [-0.05, 0) is 98.2 Å². The van der Waals surface area contributed by atoms with E-state index in [0.717, 1.165) is 43.4 Å². The number of carboxylic acid groups (broad SMARTS) is 1. The Morgan fingerprint density at radius 3 is 0.846 bits per heavy atom. The molecule has 5 rings (SSSR count). The molecule has 0 aliphatic carbocycles. The van der Waals surface area contributed by atoms with Crippen LogP contribution in [-0.4, -0.2) is 174 Å². The summed E-state index contributed by atoms with van der Waals surface area (Å²) in [5.41, 5.74) is 8.78. The molecule has 0 heterocycles. The van der Waals surface area contributed by atoms with E-state index in [1.807, 2.05) is 139 Å². The van der Waals surface area contributed by atoms with Gasteiger partial charge in [0.15, 0.2) is 0 Å². The molecule has 0 saturated carbocycles. The number of nitrogens with one attached hydrogen (secondary N) is 2. The van der Waals surface area contributed by atoms with Crippen molar-refractivity contribution in [3.8, 4) is 6.07 Å². The van der Waals surface area contributed by atoms with E-state index in [0.29, 0.717) is 30.8 Å². The first-order chi connectivity index (χ1) is 54.0. The van der Waals surface area contributed by atoms with Gasteiger partial charge in [0.05, 0.1) is 40.1 Å². The van der Waals surface area contributed by atoms with Crippen LogP contribution in [0.4, 0.5) is 9.59 Å². The Labute approximate surface area is 700 Å². The van der Waals surface area contributed by atoms with Gasteiger partial charge in [-0.25, -0.2) is 9.59 Å². The maximum Gasteiger partial charge on any atom is 0.407 e. The SMILES string of the molecule is CC(C)(C)OC(=O)NCc1ccccc1CN(CC(=O)O)C(=O)C(C)(C)C.COC(=O)CN(Cc1ccccc1Br)C(=O)C(C)(C)C.COC(=O)CN(Cc1ccccc1C#N)C(=O)C(C)(C)C.COC(=O)CN(Cc1ccccc1CN)C(=O)C(C)(C)C.COC(=O)CN(Cc1ccccc1CNC(=O)OC(C)(C)C)C(=O)C(C)(C)C. The number of carbonyl (C=O) groups excluding carboxylic acids is 11. The number of halogens is 1. The van der Waals surface area contributed by atoms with Crippen LogP contribution in [0, 0.1) is 38.4 Å². The van der Waals surface area contributed by atoms with Crippen LogP contribution in [0.25, 0.3) is 0 Å². The van der Waals surface area contributed by atoms with E-state index in [9.17, 15) is 57.5 Å². The highest BCUT2D eigenvalue weighted by Crippen LogP contribution is 2.27. The van der Waals surface area contributed by atoms with Crippen LogP contribution < -0.4 is 16.4 Å². The minimum atomic E-state index is -1.07. The number of carboxylic acids is 1. The van der Waals surface area contributed by atoms with E-state index in [4.69, 9.17) is 30.3 Å². The molecule has 0 atom stereocenters. The smallest absolute Gasteiger partial charge is 0.407 e. The highest BCUT2D eigenvalue weighted by molar-refractivity contribution is 9.10. The lowest BCUT2D eigenvalue weighted by molar-refractivity contribution is -0.150. The van der Waals surface area contributed by atoms with Crippen molar-refractivity contribution in [2.75, 3.05) is 61.2 Å². The number of hydrogen-bond acceptors (Lipinski definition) is 20. The lowest BCUT2D eigenvalue weighted by Gasteiger charge is -2.29. The first-order valence-corrected chi connectivity index (χ1v) is 38.8. The van der Waals surface area contributed by atoms with Gasteiger partial charge < -0.3 is 74.4 Å². The fourth-order valence-electron chi connectivity index (χ4n) is 10.5. The Bertz CT molecular complexity index is 4180. The average molecular weight is 1690 g/mol. The van der Waals surface area contributed by atoms with Gasteiger partial charge in [-0.2, -0.15) is 5.26 Å². The van der Waals surface area contributed by atoms with Crippen molar-refractivity contribution >= 4 is 87.5 Å². The molecule has 0 aliphatic heterocycles. The summed E-state index contributed by atoms with van der Waals surface area (Å²) in [6, 6.07) is 39.1. The molecule has 5 aromatic carbocycles. The second kappa shape index (κ2) is 48.1. The molecule has 117 heavy (non-hydrogen) atoms. The van der Waals surface area contributed by atoms with Crippen LogP contribution in [0.3, 0.4) is 0 Å². The zero-order valence-corrected chi connectivity index (χ0v) is 74.8. The molecule has 0 unspecified atom stereocenters. The molecule has 644 valence electrons. The van der Waals surface area contributed by atoms with Gasteiger partial charge in [0, 0.05) is 83.9 Å². The minimum Gasteiger partial charge on any atom is -0.480 e. The van der Waals surface area contributed by atoms with Crippen LogP contribution in [0.5, 0.6) is 0 Å². The largest absolute Gasteiger partial charge is 0.480 e. The van der Waals surface area contributed by atoms with Crippen molar-refractivity contribution < 1.29 is 91.1 Å². The van der Waals surface area contributed by atoms with Crippen molar-refractivity contribution in [3.63, 3.8) is 0 Å². The molecule has 0 saturated heterocycles. The quantitative estimate of drug-likeness (QED) is 0.0311. The fourth-order valence-corrected chi connectivity index (χ4v) is 10.9. The summed E-state index contributed by atoms with van der Waals surface area (Å²) in [6.07, 6.45) is -1.05. The molecule has 0 aliphatic rings. The van der Waals surface area contributed by atoms with Crippen LogP contribution in [-0.2, 0) is 129 Å². The van der Waals surface area contributed by atoms with Crippen molar-refractivity contribution in [2.45, 2.75) is 209 Å². The first kappa shape index (κ1) is 104. The topological polar surface area (TPSA) is 371 Å². The molecule has 7 amide bonds. The van der Waals surface area contributed by atoms with E-state index in [1.165, 1.54) is 52.9 Å². The van der Waals surface area contributed by atoms with Gasteiger partial charge in [0.2, 0.25) is 29.5 Å². The maximum atomic E-state index is 12.8. The Hall–Kier alpha value is -10.7. The number of nitrogens with zero attached hydrogens (tertiary/aromatic N) is 6. The van der Waals surface area contributed by atoms with Crippen molar-refractivity contribution in [1.82, 2.24) is 35.1 Å². The molecule has 0 radical (unpaired) electrons. The van der Waals surface area contributed by atoms with E-state index >= 15 is 0 Å². The number of methoxy groups -OCH3 is 4. The Kier molecular flexibility index (Phi) is 42.9. The van der Waals surface area contributed by atoms with E-state index in [-0.39, 0.29) is 95.0 Å². The third-order valence-corrected chi connectivity index (χ3v) is 17.1. The molecular formula is C88H126BrN9O19. The second-order valence-electron chi connectivity index (χ2n) is 34.3. The molecule has 0 bridgehead atoms. The fraction of sp³-hybridized carbons (Fsp3) is 0.511. The number of esters is 4. The Balaban J connectivity index is 0.000000736. The van der Waals surface area contributed by atoms with Crippen molar-refractivity contribution in [1.29, 1.82) is 5.26 Å². The van der Waals surface area contributed by atoms with Crippen molar-refractivity contribution in [3.05, 3.63) is 176 Å². The monoisotopic (exact) mass is 1690 g/mol. The third-order valence-electron chi connectivity index (χ3n) is 16.3. The molecule has 0 aromatic heterocycles. The predicted octanol–water partition coefficient (Wildman–Crippen LogP) is 13.2.